The molecule has 2 amide bonds. The zero-order valence-corrected chi connectivity index (χ0v) is 23.1. The van der Waals surface area contributed by atoms with Crippen LogP contribution in [0, 0.1) is 6.92 Å². The highest BCUT2D eigenvalue weighted by molar-refractivity contribution is 7.92. The van der Waals surface area contributed by atoms with E-state index in [-0.39, 0.29) is 12.5 Å². The third-order valence-corrected chi connectivity index (χ3v) is 7.13. The maximum Gasteiger partial charge on any atom is 0.244 e. The molecule has 0 saturated carbocycles. The molecule has 0 aliphatic heterocycles. The third kappa shape index (κ3) is 7.82. The maximum absolute atomic E-state index is 13.7. The largest absolute Gasteiger partial charge is 0.457 e. The molecule has 8 nitrogen and oxygen atoms in total. The summed E-state index contributed by atoms with van der Waals surface area (Å²) < 4.78 is 32.4. The first-order valence-corrected chi connectivity index (χ1v) is 14.4. The zero-order valence-electron chi connectivity index (χ0n) is 22.3. The van der Waals surface area contributed by atoms with E-state index in [4.69, 9.17) is 4.74 Å². The summed E-state index contributed by atoms with van der Waals surface area (Å²) in [7, 11) is -3.82. The number of rotatable bonds is 12. The summed E-state index contributed by atoms with van der Waals surface area (Å²) in [6.45, 7) is 5.77. The number of nitrogens with one attached hydrogen (secondary N) is 1. The molecule has 0 aromatic heterocycles. The normalized spacial score (nSPS) is 11.9. The number of anilines is 1. The number of carbonyl (C=O) groups is 2. The van der Waals surface area contributed by atoms with Crippen molar-refractivity contribution in [3.05, 3.63) is 90.0 Å². The summed E-state index contributed by atoms with van der Waals surface area (Å²) in [6.07, 6.45) is 1.44. The molecule has 9 heteroatoms. The summed E-state index contributed by atoms with van der Waals surface area (Å²) >= 11 is 0. The van der Waals surface area contributed by atoms with Gasteiger partial charge in [0.1, 0.15) is 24.1 Å². The number of amides is 2. The lowest BCUT2D eigenvalue weighted by molar-refractivity contribution is -0.140. The van der Waals surface area contributed by atoms with Gasteiger partial charge in [0.25, 0.3) is 0 Å². The Morgan fingerprint density at radius 3 is 2.05 bits per heavy atom. The van der Waals surface area contributed by atoms with Gasteiger partial charge in [0, 0.05) is 13.1 Å². The van der Waals surface area contributed by atoms with Gasteiger partial charge in [-0.3, -0.25) is 13.9 Å². The highest BCUT2D eigenvalue weighted by Gasteiger charge is 2.31. The van der Waals surface area contributed by atoms with Crippen LogP contribution in [-0.2, 0) is 26.2 Å². The van der Waals surface area contributed by atoms with Crippen LogP contribution in [0.4, 0.5) is 5.69 Å². The lowest BCUT2D eigenvalue weighted by atomic mass is 10.1. The second-order valence-electron chi connectivity index (χ2n) is 9.00. The Balaban J connectivity index is 1.88. The summed E-state index contributed by atoms with van der Waals surface area (Å²) in [6, 6.07) is 22.7. The van der Waals surface area contributed by atoms with Crippen molar-refractivity contribution in [2.45, 2.75) is 39.8 Å². The van der Waals surface area contributed by atoms with E-state index >= 15 is 0 Å². The molecule has 0 radical (unpaired) electrons. The van der Waals surface area contributed by atoms with Crippen LogP contribution in [0.25, 0.3) is 0 Å². The molecule has 3 rings (SSSR count). The van der Waals surface area contributed by atoms with Crippen LogP contribution in [0.1, 0.15) is 31.4 Å². The fraction of sp³-hybridized carbons (Fsp3) is 0.310. The Morgan fingerprint density at radius 2 is 1.50 bits per heavy atom. The van der Waals surface area contributed by atoms with Gasteiger partial charge < -0.3 is 15.0 Å². The second-order valence-corrected chi connectivity index (χ2v) is 10.9. The van der Waals surface area contributed by atoms with Gasteiger partial charge in [0.2, 0.25) is 21.8 Å². The molecule has 1 N–H and O–H groups in total. The van der Waals surface area contributed by atoms with Gasteiger partial charge in [0.05, 0.1) is 11.9 Å². The van der Waals surface area contributed by atoms with Crippen molar-refractivity contribution in [3.63, 3.8) is 0 Å². The Kier molecular flexibility index (Phi) is 9.90. The minimum absolute atomic E-state index is 0.177. The molecule has 0 saturated heterocycles. The fourth-order valence-corrected chi connectivity index (χ4v) is 4.87. The molecule has 3 aromatic rings. The van der Waals surface area contributed by atoms with E-state index in [0.29, 0.717) is 30.2 Å². The Bertz CT molecular complexity index is 1310. The maximum atomic E-state index is 13.7. The van der Waals surface area contributed by atoms with Gasteiger partial charge in [-0.25, -0.2) is 8.42 Å². The third-order valence-electron chi connectivity index (χ3n) is 5.99. The molecule has 0 fully saturated rings. The Labute approximate surface area is 225 Å². The summed E-state index contributed by atoms with van der Waals surface area (Å²) in [4.78, 5) is 28.0. The fourth-order valence-electron chi connectivity index (χ4n) is 4.02. The van der Waals surface area contributed by atoms with Crippen molar-refractivity contribution in [2.75, 3.05) is 23.7 Å². The smallest absolute Gasteiger partial charge is 0.244 e. The van der Waals surface area contributed by atoms with Crippen LogP contribution in [0.15, 0.2) is 78.9 Å². The van der Waals surface area contributed by atoms with Crippen molar-refractivity contribution in [1.82, 2.24) is 10.2 Å². The average Bonchev–Trinajstić information content (AvgIpc) is 2.89. The summed E-state index contributed by atoms with van der Waals surface area (Å²) in [5.74, 6) is 0.434. The van der Waals surface area contributed by atoms with Gasteiger partial charge in [-0.05, 0) is 62.2 Å². The number of hydrogen-bond donors (Lipinski definition) is 1. The van der Waals surface area contributed by atoms with Crippen LogP contribution in [0.2, 0.25) is 0 Å². The standard InChI is InChI=1S/C29H35N3O5S/c1-5-27(29(34)30-6-2)31(20-23-14-12-22(3)13-15-23)28(33)21-32(38(4,35)36)24-16-18-26(19-17-24)37-25-10-8-7-9-11-25/h7-19,27H,5-6,20-21H2,1-4H3,(H,30,34)/t27-/m0/s1. The average molecular weight is 538 g/mol. The number of ether oxygens (including phenoxy) is 1. The molecule has 202 valence electrons. The number of benzene rings is 3. The Hall–Kier alpha value is -3.85. The van der Waals surface area contributed by atoms with E-state index in [1.165, 1.54) is 4.90 Å². The van der Waals surface area contributed by atoms with E-state index in [0.717, 1.165) is 21.7 Å². The van der Waals surface area contributed by atoms with Gasteiger partial charge in [0.15, 0.2) is 0 Å². The van der Waals surface area contributed by atoms with E-state index in [9.17, 15) is 18.0 Å². The highest BCUT2D eigenvalue weighted by Crippen LogP contribution is 2.26. The minimum Gasteiger partial charge on any atom is -0.457 e. The molecule has 0 unspecified atom stereocenters. The van der Waals surface area contributed by atoms with Crippen molar-refractivity contribution in [1.29, 1.82) is 0 Å². The monoisotopic (exact) mass is 537 g/mol. The molecule has 1 atom stereocenters. The molecule has 3 aromatic carbocycles. The Morgan fingerprint density at radius 1 is 0.895 bits per heavy atom. The van der Waals surface area contributed by atoms with Crippen molar-refractivity contribution < 1.29 is 22.7 Å². The molecular weight excluding hydrogens is 502 g/mol. The molecule has 0 aliphatic rings. The summed E-state index contributed by atoms with van der Waals surface area (Å²) in [5.41, 5.74) is 2.24. The topological polar surface area (TPSA) is 96.0 Å². The van der Waals surface area contributed by atoms with E-state index < -0.39 is 28.5 Å². The predicted octanol–water partition coefficient (Wildman–Crippen LogP) is 4.50. The number of likely N-dealkylation sites (N-methyl/N-ethyl adjacent to an activating group) is 1. The first kappa shape index (κ1) is 28.7. The number of para-hydroxylation sites is 1. The van der Waals surface area contributed by atoms with Gasteiger partial charge in [-0.15, -0.1) is 0 Å². The SMILES string of the molecule is CCNC(=O)[C@H](CC)N(Cc1ccc(C)cc1)C(=O)CN(c1ccc(Oc2ccccc2)cc1)S(C)(=O)=O. The summed E-state index contributed by atoms with van der Waals surface area (Å²) in [5, 5.41) is 2.79. The highest BCUT2D eigenvalue weighted by atomic mass is 32.2. The zero-order chi connectivity index (χ0) is 27.7. The first-order valence-electron chi connectivity index (χ1n) is 12.6. The van der Waals surface area contributed by atoms with Gasteiger partial charge in [-0.2, -0.15) is 0 Å². The van der Waals surface area contributed by atoms with E-state index in [1.54, 1.807) is 24.3 Å². The molecular formula is C29H35N3O5S. The quantitative estimate of drug-likeness (QED) is 0.367. The first-order chi connectivity index (χ1) is 18.1. The number of aryl methyl sites for hydroxylation is 1. The van der Waals surface area contributed by atoms with Crippen molar-refractivity contribution in [2.24, 2.45) is 0 Å². The second kappa shape index (κ2) is 13.1. The van der Waals surface area contributed by atoms with E-state index in [1.807, 2.05) is 75.4 Å². The molecule has 38 heavy (non-hydrogen) atoms. The van der Waals surface area contributed by atoms with Gasteiger partial charge >= 0.3 is 0 Å². The van der Waals surface area contributed by atoms with Crippen LogP contribution in [0.5, 0.6) is 11.5 Å². The van der Waals surface area contributed by atoms with Crippen molar-refractivity contribution in [3.8, 4) is 11.5 Å². The van der Waals surface area contributed by atoms with Crippen LogP contribution in [0.3, 0.4) is 0 Å². The number of nitrogens with zero attached hydrogens (tertiary/aromatic N) is 2. The predicted molar refractivity (Wildman–Crippen MR) is 150 cm³/mol. The van der Waals surface area contributed by atoms with Crippen LogP contribution >= 0.6 is 0 Å². The van der Waals surface area contributed by atoms with Crippen molar-refractivity contribution >= 4 is 27.5 Å². The number of sulfonamides is 1. The molecule has 0 aliphatic carbocycles. The molecule has 0 spiro atoms. The minimum atomic E-state index is -3.82. The lowest BCUT2D eigenvalue weighted by Crippen LogP contribution is -2.52. The molecule has 0 bridgehead atoms. The molecule has 0 heterocycles. The van der Waals surface area contributed by atoms with Gasteiger partial charge in [-0.1, -0.05) is 55.0 Å². The van der Waals surface area contributed by atoms with Crippen LogP contribution in [-0.4, -0.2) is 50.5 Å². The number of carbonyl (C=O) groups excluding carboxylic acids is 2. The van der Waals surface area contributed by atoms with E-state index in [2.05, 4.69) is 5.32 Å². The number of hydrogen-bond acceptors (Lipinski definition) is 5. The lowest BCUT2D eigenvalue weighted by Gasteiger charge is -2.32. The van der Waals surface area contributed by atoms with Crippen LogP contribution < -0.4 is 14.4 Å².